The molecule has 4 aromatic rings. The Kier molecular flexibility index (Phi) is 6.60. The predicted molar refractivity (Wildman–Crippen MR) is 130 cm³/mol. The molecule has 1 atom stereocenters. The van der Waals surface area contributed by atoms with Crippen LogP contribution in [-0.4, -0.2) is 32.0 Å². The van der Waals surface area contributed by atoms with Crippen LogP contribution >= 0.6 is 11.6 Å². The van der Waals surface area contributed by atoms with E-state index in [1.165, 1.54) is 4.68 Å². The van der Waals surface area contributed by atoms with Crippen LogP contribution in [0.5, 0.6) is 0 Å². The zero-order valence-corrected chi connectivity index (χ0v) is 19.6. The molecule has 0 unspecified atom stereocenters. The van der Waals surface area contributed by atoms with E-state index >= 15 is 0 Å². The van der Waals surface area contributed by atoms with Crippen molar-refractivity contribution in [3.05, 3.63) is 86.9 Å². The van der Waals surface area contributed by atoms with Gasteiger partial charge in [-0.15, -0.1) is 0 Å². The second kappa shape index (κ2) is 9.58. The first-order valence-corrected chi connectivity index (χ1v) is 11.3. The maximum Gasteiger partial charge on any atom is 0.295 e. The fourth-order valence-electron chi connectivity index (χ4n) is 4.05. The maximum absolute atomic E-state index is 13.3. The summed E-state index contributed by atoms with van der Waals surface area (Å²) in [6, 6.07) is 16.4. The Morgan fingerprint density at radius 3 is 2.42 bits per heavy atom. The van der Waals surface area contributed by atoms with Gasteiger partial charge in [0.15, 0.2) is 5.52 Å². The van der Waals surface area contributed by atoms with Crippen LogP contribution < -0.4 is 10.9 Å². The Morgan fingerprint density at radius 1 is 1.06 bits per heavy atom. The number of halogens is 1. The van der Waals surface area contributed by atoms with Crippen molar-refractivity contribution in [1.29, 1.82) is 0 Å². The van der Waals surface area contributed by atoms with Crippen LogP contribution in [0.2, 0.25) is 5.02 Å². The van der Waals surface area contributed by atoms with Gasteiger partial charge in [0.25, 0.3) is 5.56 Å². The molecule has 0 aliphatic heterocycles. The maximum atomic E-state index is 13.3. The average Bonchev–Trinajstić information content (AvgIpc) is 3.17. The molecule has 170 valence electrons. The van der Waals surface area contributed by atoms with Crippen LogP contribution in [0.1, 0.15) is 36.3 Å². The minimum absolute atomic E-state index is 0.237. The second-order valence-electron chi connectivity index (χ2n) is 7.98. The molecule has 0 saturated heterocycles. The number of nitrogens with one attached hydrogen (secondary N) is 1. The number of fused-ring (bicyclic) bond motifs is 1. The van der Waals surface area contributed by atoms with Crippen molar-refractivity contribution >= 4 is 28.4 Å². The molecule has 0 spiro atoms. The third-order valence-electron chi connectivity index (χ3n) is 5.76. The monoisotopic (exact) mass is 463 g/mol. The Bertz CT molecular complexity index is 1340. The number of amides is 1. The number of rotatable bonds is 7. The Hall–Kier alpha value is -3.45. The van der Waals surface area contributed by atoms with E-state index in [2.05, 4.69) is 15.5 Å². The number of nitrogens with zero attached hydrogens (tertiary/aromatic N) is 4. The van der Waals surface area contributed by atoms with E-state index in [-0.39, 0.29) is 11.5 Å². The van der Waals surface area contributed by atoms with Gasteiger partial charge in [0.1, 0.15) is 6.04 Å². The van der Waals surface area contributed by atoms with Crippen molar-refractivity contribution < 1.29 is 4.79 Å². The lowest BCUT2D eigenvalue weighted by atomic mass is 10.1. The van der Waals surface area contributed by atoms with Gasteiger partial charge in [-0.05, 0) is 56.5 Å². The first-order chi connectivity index (χ1) is 15.9. The quantitative estimate of drug-likeness (QED) is 0.446. The second-order valence-corrected chi connectivity index (χ2v) is 8.42. The lowest BCUT2D eigenvalue weighted by Crippen LogP contribution is -2.39. The third kappa shape index (κ3) is 4.54. The molecule has 1 amide bonds. The van der Waals surface area contributed by atoms with Crippen molar-refractivity contribution in [2.24, 2.45) is 0 Å². The van der Waals surface area contributed by atoms with Gasteiger partial charge in [-0.1, -0.05) is 48.9 Å². The van der Waals surface area contributed by atoms with E-state index in [0.29, 0.717) is 35.6 Å². The summed E-state index contributed by atoms with van der Waals surface area (Å²) in [6.45, 7) is 6.08. The van der Waals surface area contributed by atoms with Crippen LogP contribution in [0.15, 0.2) is 59.4 Å². The minimum Gasteiger partial charge on any atom is -0.354 e. The first kappa shape index (κ1) is 22.7. The summed E-state index contributed by atoms with van der Waals surface area (Å²) in [5.41, 5.74) is 3.39. The Labute approximate surface area is 197 Å². The molecular formula is C25H26ClN5O2. The van der Waals surface area contributed by atoms with Crippen molar-refractivity contribution in [2.45, 2.75) is 39.7 Å². The van der Waals surface area contributed by atoms with E-state index in [4.69, 9.17) is 11.6 Å². The number of hydrogen-bond donors (Lipinski definition) is 1. The predicted octanol–water partition coefficient (Wildman–Crippen LogP) is 4.16. The molecule has 1 N–H and O–H groups in total. The Morgan fingerprint density at radius 2 is 1.76 bits per heavy atom. The molecular weight excluding hydrogens is 438 g/mol. The topological polar surface area (TPSA) is 81.8 Å². The number of hydrogen-bond acceptors (Lipinski definition) is 4. The number of para-hydroxylation sites is 1. The minimum atomic E-state index is -0.715. The summed E-state index contributed by atoms with van der Waals surface area (Å²) in [5, 5.41) is 13.4. The van der Waals surface area contributed by atoms with Crippen LogP contribution in [-0.2, 0) is 11.2 Å². The van der Waals surface area contributed by atoms with E-state index in [0.717, 1.165) is 22.3 Å². The molecule has 8 heteroatoms. The lowest BCUT2D eigenvalue weighted by Gasteiger charge is -2.17. The first-order valence-electron chi connectivity index (χ1n) is 11.0. The normalized spacial score (nSPS) is 12.1. The number of aryl methyl sites for hydroxylation is 2. The molecule has 0 fully saturated rings. The highest BCUT2D eigenvalue weighted by Gasteiger charge is 2.25. The van der Waals surface area contributed by atoms with Gasteiger partial charge in [-0.2, -0.15) is 10.2 Å². The molecule has 2 aromatic carbocycles. The average molecular weight is 464 g/mol. The van der Waals surface area contributed by atoms with Crippen molar-refractivity contribution in [3.8, 4) is 5.69 Å². The van der Waals surface area contributed by atoms with E-state index < -0.39 is 6.04 Å². The highest BCUT2D eigenvalue weighted by Crippen LogP contribution is 2.22. The van der Waals surface area contributed by atoms with Crippen molar-refractivity contribution in [2.75, 3.05) is 6.54 Å². The standard InChI is InChI=1S/C25H26ClN5O2/c1-4-21(24(32)27-15-14-18-10-12-19(26)13-11-18)31-25(33)23-22(16(2)28-31)17(3)30(29-23)20-8-6-5-7-9-20/h5-13,21H,4,14-15H2,1-3H3,(H,27,32)/t21-/m1/s1. The van der Waals surface area contributed by atoms with E-state index in [1.54, 1.807) is 4.68 Å². The zero-order valence-electron chi connectivity index (χ0n) is 18.9. The number of benzene rings is 2. The SMILES string of the molecule is CC[C@H](C(=O)NCCc1ccc(Cl)cc1)n1nc(C)c2c(C)n(-c3ccccc3)nc2c1=O. The molecule has 0 aliphatic rings. The zero-order chi connectivity index (χ0) is 23.5. The van der Waals surface area contributed by atoms with Crippen LogP contribution in [0.3, 0.4) is 0 Å². The molecule has 0 bridgehead atoms. The third-order valence-corrected chi connectivity index (χ3v) is 6.01. The molecule has 7 nitrogen and oxygen atoms in total. The lowest BCUT2D eigenvalue weighted by molar-refractivity contribution is -0.124. The number of aromatic nitrogens is 4. The van der Waals surface area contributed by atoms with E-state index in [1.807, 2.05) is 75.4 Å². The molecule has 0 radical (unpaired) electrons. The smallest absolute Gasteiger partial charge is 0.295 e. The van der Waals surface area contributed by atoms with Crippen molar-refractivity contribution in [1.82, 2.24) is 24.9 Å². The summed E-state index contributed by atoms with van der Waals surface area (Å²) >= 11 is 5.92. The van der Waals surface area contributed by atoms with Gasteiger partial charge in [0, 0.05) is 11.6 Å². The fraction of sp³-hybridized carbons (Fsp3) is 0.280. The summed E-state index contributed by atoms with van der Waals surface area (Å²) < 4.78 is 3.02. The van der Waals surface area contributed by atoms with E-state index in [9.17, 15) is 9.59 Å². The van der Waals surface area contributed by atoms with Crippen LogP contribution in [0, 0.1) is 13.8 Å². The Balaban J connectivity index is 1.61. The highest BCUT2D eigenvalue weighted by atomic mass is 35.5. The summed E-state index contributed by atoms with van der Waals surface area (Å²) in [6.07, 6.45) is 1.10. The van der Waals surface area contributed by atoms with Gasteiger partial charge in [-0.25, -0.2) is 9.36 Å². The van der Waals surface area contributed by atoms with Gasteiger partial charge in [0.2, 0.25) is 5.91 Å². The van der Waals surface area contributed by atoms with Gasteiger partial charge in [-0.3, -0.25) is 9.59 Å². The molecule has 33 heavy (non-hydrogen) atoms. The number of carbonyl (C=O) groups excluding carboxylic acids is 1. The molecule has 0 saturated carbocycles. The molecule has 0 aliphatic carbocycles. The summed E-state index contributed by atoms with van der Waals surface area (Å²) in [5.74, 6) is -0.237. The van der Waals surface area contributed by atoms with Crippen LogP contribution in [0.25, 0.3) is 16.6 Å². The van der Waals surface area contributed by atoms with Gasteiger partial charge < -0.3 is 5.32 Å². The highest BCUT2D eigenvalue weighted by molar-refractivity contribution is 6.30. The summed E-state index contributed by atoms with van der Waals surface area (Å²) in [4.78, 5) is 26.3. The molecule has 2 heterocycles. The van der Waals surface area contributed by atoms with Crippen LogP contribution in [0.4, 0.5) is 0 Å². The number of carbonyl (C=O) groups is 1. The molecule has 4 rings (SSSR count). The molecule has 2 aromatic heterocycles. The van der Waals surface area contributed by atoms with Gasteiger partial charge >= 0.3 is 0 Å². The largest absolute Gasteiger partial charge is 0.354 e. The van der Waals surface area contributed by atoms with Crippen molar-refractivity contribution in [3.63, 3.8) is 0 Å². The fourth-order valence-corrected chi connectivity index (χ4v) is 4.18. The van der Waals surface area contributed by atoms with Gasteiger partial charge in [0.05, 0.1) is 22.5 Å². The summed E-state index contributed by atoms with van der Waals surface area (Å²) in [7, 11) is 0.